The summed E-state index contributed by atoms with van der Waals surface area (Å²) in [5.74, 6) is 2.19. The molecule has 1 saturated heterocycles. The van der Waals surface area contributed by atoms with Crippen molar-refractivity contribution in [3.8, 4) is 17.2 Å². The highest BCUT2D eigenvalue weighted by Crippen LogP contribution is 2.40. The van der Waals surface area contributed by atoms with Gasteiger partial charge in [-0.05, 0) is 89.3 Å². The van der Waals surface area contributed by atoms with Crippen molar-refractivity contribution >= 4 is 17.7 Å². The molecule has 0 bridgehead atoms. The Labute approximate surface area is 237 Å². The maximum Gasteiger partial charge on any atom is 0.410 e. The first-order chi connectivity index (χ1) is 19.1. The van der Waals surface area contributed by atoms with Crippen molar-refractivity contribution in [2.24, 2.45) is 0 Å². The Kier molecular flexibility index (Phi) is 9.07. The molecule has 1 aliphatic carbocycles. The quantitative estimate of drug-likeness (QED) is 0.253. The molecule has 0 aromatic heterocycles. The number of benzene rings is 2. The molecule has 1 atom stereocenters. The van der Waals surface area contributed by atoms with Gasteiger partial charge in [0.2, 0.25) is 0 Å². The molecule has 2 aromatic carbocycles. The zero-order chi connectivity index (χ0) is 28.9. The first-order valence-electron chi connectivity index (χ1n) is 13.8. The zero-order valence-corrected chi connectivity index (χ0v) is 24.3. The maximum absolute atomic E-state index is 13.6. The Morgan fingerprint density at radius 1 is 1.00 bits per heavy atom. The summed E-state index contributed by atoms with van der Waals surface area (Å²) in [6, 6.07) is 13.3. The van der Waals surface area contributed by atoms with E-state index in [9.17, 15) is 9.59 Å². The molecule has 1 heterocycles. The van der Waals surface area contributed by atoms with E-state index in [0.717, 1.165) is 0 Å². The fourth-order valence-electron chi connectivity index (χ4n) is 4.52. The highest BCUT2D eigenvalue weighted by atomic mass is 16.6. The molecule has 2 amide bonds. The van der Waals surface area contributed by atoms with Crippen LogP contribution in [0.15, 0.2) is 66.6 Å². The van der Waals surface area contributed by atoms with Gasteiger partial charge in [-0.3, -0.25) is 9.69 Å². The average molecular weight is 549 g/mol. The topological polar surface area (TPSA) is 77.5 Å². The van der Waals surface area contributed by atoms with Crippen molar-refractivity contribution in [1.29, 1.82) is 0 Å². The van der Waals surface area contributed by atoms with E-state index in [1.165, 1.54) is 23.3 Å². The largest absolute Gasteiger partial charge is 0.493 e. The Hall–Kier alpha value is -3.94. The van der Waals surface area contributed by atoms with Crippen LogP contribution in [0.4, 0.5) is 10.5 Å². The third-order valence-electron chi connectivity index (χ3n) is 6.66. The lowest BCUT2D eigenvalue weighted by Gasteiger charge is -2.24. The number of amides is 2. The lowest BCUT2D eigenvalue weighted by atomic mass is 10.1. The number of rotatable bonds is 9. The molecule has 2 fully saturated rings. The fourth-order valence-corrected chi connectivity index (χ4v) is 4.52. The van der Waals surface area contributed by atoms with Crippen molar-refractivity contribution in [3.05, 3.63) is 72.1 Å². The second kappa shape index (κ2) is 12.5. The molecule has 214 valence electrons. The molecule has 0 spiro atoms. The van der Waals surface area contributed by atoms with Gasteiger partial charge in [0, 0.05) is 25.2 Å². The summed E-state index contributed by atoms with van der Waals surface area (Å²) in [6.45, 7) is 10.1. The number of hydrogen-bond acceptors (Lipinski definition) is 6. The molecule has 8 heteroatoms. The molecule has 4 rings (SSSR count). The molecule has 2 aromatic rings. The van der Waals surface area contributed by atoms with Crippen molar-refractivity contribution in [3.63, 3.8) is 0 Å². The van der Waals surface area contributed by atoms with Gasteiger partial charge in [-0.15, -0.1) is 0 Å². The molecule has 0 radical (unpaired) electrons. The van der Waals surface area contributed by atoms with Crippen LogP contribution in [0, 0.1) is 0 Å². The number of allylic oxidation sites excluding steroid dienone is 2. The van der Waals surface area contributed by atoms with Gasteiger partial charge in [0.1, 0.15) is 17.5 Å². The lowest BCUT2D eigenvalue weighted by Crippen LogP contribution is -2.36. The van der Waals surface area contributed by atoms with Crippen molar-refractivity contribution in [2.45, 2.75) is 71.5 Å². The Bertz CT molecular complexity index is 1260. The van der Waals surface area contributed by atoms with Crippen LogP contribution >= 0.6 is 0 Å². The summed E-state index contributed by atoms with van der Waals surface area (Å²) >= 11 is 0. The number of ether oxygens (including phenoxy) is 4. The van der Waals surface area contributed by atoms with Crippen LogP contribution in [0.3, 0.4) is 0 Å². The van der Waals surface area contributed by atoms with Gasteiger partial charge in [-0.25, -0.2) is 4.79 Å². The van der Waals surface area contributed by atoms with Crippen molar-refractivity contribution < 1.29 is 28.5 Å². The first kappa shape index (κ1) is 29.1. The minimum Gasteiger partial charge on any atom is -0.493 e. The van der Waals surface area contributed by atoms with Crippen LogP contribution in [0.2, 0.25) is 0 Å². The van der Waals surface area contributed by atoms with Gasteiger partial charge in [-0.2, -0.15) is 0 Å². The predicted molar refractivity (Wildman–Crippen MR) is 155 cm³/mol. The SMILES string of the molecule is CC=CN(C(=O)C(=CC)Oc1ccc(C2CC2)cc1)c1ccc(O[C@@H]2CCN(C(=O)OC(C)(C)C)C2)c(OC)c1. The molecule has 1 saturated carbocycles. The average Bonchev–Trinajstić information content (AvgIpc) is 3.67. The number of carbonyl (C=O) groups is 2. The maximum atomic E-state index is 13.6. The normalized spacial score (nSPS) is 17.6. The summed E-state index contributed by atoms with van der Waals surface area (Å²) < 4.78 is 23.3. The van der Waals surface area contributed by atoms with Crippen LogP contribution < -0.4 is 19.1 Å². The summed E-state index contributed by atoms with van der Waals surface area (Å²) in [4.78, 5) is 29.2. The second-order valence-corrected chi connectivity index (χ2v) is 11.0. The van der Waals surface area contributed by atoms with Gasteiger partial charge < -0.3 is 23.8 Å². The van der Waals surface area contributed by atoms with E-state index in [2.05, 4.69) is 12.1 Å². The number of methoxy groups -OCH3 is 1. The van der Waals surface area contributed by atoms with Gasteiger partial charge in [0.05, 0.1) is 19.3 Å². The van der Waals surface area contributed by atoms with Crippen LogP contribution in [-0.4, -0.2) is 48.8 Å². The molecule has 0 N–H and O–H groups in total. The van der Waals surface area contributed by atoms with E-state index in [0.29, 0.717) is 48.4 Å². The fraction of sp³-hybridized carbons (Fsp3) is 0.438. The standard InChI is InChI=1S/C32H40N2O6/c1-7-18-34(30(35)27(8-2)38-25-14-11-23(12-15-25)22-9-10-22)24-13-16-28(29(20-24)37-6)39-26-17-19-33(21-26)31(36)40-32(3,4)5/h7-8,11-16,18,20,22,26H,9-10,17,19,21H2,1-6H3/t26-/m1/s1. The molecular formula is C32H40N2O6. The van der Waals surface area contributed by atoms with Crippen LogP contribution in [-0.2, 0) is 9.53 Å². The van der Waals surface area contributed by atoms with Crippen LogP contribution in [0.1, 0.15) is 65.4 Å². The number of carbonyl (C=O) groups excluding carboxylic acids is 2. The Balaban J connectivity index is 1.45. The molecule has 40 heavy (non-hydrogen) atoms. The zero-order valence-electron chi connectivity index (χ0n) is 24.3. The molecule has 1 aliphatic heterocycles. The van der Waals surface area contributed by atoms with E-state index in [1.807, 2.05) is 39.8 Å². The summed E-state index contributed by atoms with van der Waals surface area (Å²) in [6.07, 6.45) is 7.74. The van der Waals surface area contributed by atoms with Crippen molar-refractivity contribution in [1.82, 2.24) is 4.90 Å². The van der Waals surface area contributed by atoms with Gasteiger partial charge in [0.25, 0.3) is 5.91 Å². The second-order valence-electron chi connectivity index (χ2n) is 11.0. The molecular weight excluding hydrogens is 508 g/mol. The lowest BCUT2D eigenvalue weighted by molar-refractivity contribution is -0.116. The van der Waals surface area contributed by atoms with Crippen molar-refractivity contribution in [2.75, 3.05) is 25.1 Å². The summed E-state index contributed by atoms with van der Waals surface area (Å²) in [7, 11) is 1.56. The molecule has 8 nitrogen and oxygen atoms in total. The number of nitrogens with zero attached hydrogens (tertiary/aromatic N) is 2. The predicted octanol–water partition coefficient (Wildman–Crippen LogP) is 6.81. The van der Waals surface area contributed by atoms with Crippen LogP contribution in [0.5, 0.6) is 17.2 Å². The van der Waals surface area contributed by atoms with E-state index >= 15 is 0 Å². The van der Waals surface area contributed by atoms with E-state index < -0.39 is 5.60 Å². The van der Waals surface area contributed by atoms with E-state index in [4.69, 9.17) is 18.9 Å². The Morgan fingerprint density at radius 2 is 1.73 bits per heavy atom. The smallest absolute Gasteiger partial charge is 0.410 e. The van der Waals surface area contributed by atoms with Gasteiger partial charge >= 0.3 is 6.09 Å². The monoisotopic (exact) mass is 548 g/mol. The van der Waals surface area contributed by atoms with E-state index in [-0.39, 0.29) is 23.9 Å². The minimum absolute atomic E-state index is 0.199. The number of hydrogen-bond donors (Lipinski definition) is 0. The third kappa shape index (κ3) is 7.37. The highest BCUT2D eigenvalue weighted by Gasteiger charge is 2.31. The minimum atomic E-state index is -0.552. The van der Waals surface area contributed by atoms with E-state index in [1.54, 1.807) is 55.5 Å². The molecule has 0 unspecified atom stereocenters. The summed E-state index contributed by atoms with van der Waals surface area (Å²) in [5.41, 5.74) is 1.35. The van der Waals surface area contributed by atoms with Crippen LogP contribution in [0.25, 0.3) is 0 Å². The first-order valence-corrected chi connectivity index (χ1v) is 13.8. The Morgan fingerprint density at radius 3 is 2.33 bits per heavy atom. The van der Waals surface area contributed by atoms with Gasteiger partial charge in [-0.1, -0.05) is 18.2 Å². The summed E-state index contributed by atoms with van der Waals surface area (Å²) in [5, 5.41) is 0. The number of anilines is 1. The third-order valence-corrected chi connectivity index (χ3v) is 6.66. The highest BCUT2D eigenvalue weighted by molar-refractivity contribution is 6.06. The van der Waals surface area contributed by atoms with Gasteiger partial charge in [0.15, 0.2) is 17.3 Å². The number of likely N-dealkylation sites (tertiary alicyclic amines) is 1. The molecule has 2 aliphatic rings.